The first-order chi connectivity index (χ1) is 11.9. The van der Waals surface area contributed by atoms with E-state index in [-0.39, 0.29) is 18.0 Å². The minimum absolute atomic E-state index is 0.114. The van der Waals surface area contributed by atoms with Crippen LogP contribution in [0.1, 0.15) is 54.5 Å². The van der Waals surface area contributed by atoms with Crippen molar-refractivity contribution >= 4 is 32.9 Å². The summed E-state index contributed by atoms with van der Waals surface area (Å²) in [5.41, 5.74) is 3.12. The van der Waals surface area contributed by atoms with Gasteiger partial charge < -0.3 is 5.32 Å². The summed E-state index contributed by atoms with van der Waals surface area (Å²) >= 11 is 3.53. The van der Waals surface area contributed by atoms with Crippen LogP contribution < -0.4 is 5.32 Å². The molecule has 1 atom stereocenters. The molecular formula is C19H21BrN4O. The molecule has 2 aromatic heterocycles. The van der Waals surface area contributed by atoms with Crippen LogP contribution in [0.3, 0.4) is 0 Å². The van der Waals surface area contributed by atoms with E-state index in [1.54, 1.807) is 6.20 Å². The van der Waals surface area contributed by atoms with Crippen molar-refractivity contribution in [3.63, 3.8) is 0 Å². The van der Waals surface area contributed by atoms with E-state index in [1.165, 1.54) is 0 Å². The fraction of sp³-hybridized carbons (Fsp3) is 0.316. The van der Waals surface area contributed by atoms with Crippen molar-refractivity contribution in [2.24, 2.45) is 0 Å². The van der Waals surface area contributed by atoms with Gasteiger partial charge in [0, 0.05) is 15.9 Å². The first-order valence-electron chi connectivity index (χ1n) is 8.28. The zero-order valence-electron chi connectivity index (χ0n) is 14.7. The van der Waals surface area contributed by atoms with Crippen molar-refractivity contribution in [3.8, 4) is 0 Å². The lowest BCUT2D eigenvalue weighted by Crippen LogP contribution is -2.27. The molecule has 0 radical (unpaired) electrons. The van der Waals surface area contributed by atoms with E-state index in [9.17, 15) is 4.79 Å². The summed E-state index contributed by atoms with van der Waals surface area (Å²) in [5, 5.41) is 8.30. The van der Waals surface area contributed by atoms with Gasteiger partial charge in [-0.25, -0.2) is 9.67 Å². The Labute approximate surface area is 155 Å². The second-order valence-electron chi connectivity index (χ2n) is 6.43. The smallest absolute Gasteiger partial charge is 0.253 e. The molecule has 1 aromatic carbocycles. The molecule has 1 N–H and O–H groups in total. The van der Waals surface area contributed by atoms with Gasteiger partial charge in [-0.05, 0) is 45.4 Å². The summed E-state index contributed by atoms with van der Waals surface area (Å²) < 4.78 is 2.85. The minimum atomic E-state index is -0.132. The van der Waals surface area contributed by atoms with Crippen LogP contribution in [0, 0.1) is 6.92 Å². The van der Waals surface area contributed by atoms with Crippen LogP contribution in [0.2, 0.25) is 0 Å². The fourth-order valence-electron chi connectivity index (χ4n) is 2.85. The maximum atomic E-state index is 12.8. The minimum Gasteiger partial charge on any atom is -0.345 e. The van der Waals surface area contributed by atoms with Gasteiger partial charge in [0.05, 0.1) is 23.5 Å². The third kappa shape index (κ3) is 3.44. The van der Waals surface area contributed by atoms with Gasteiger partial charge >= 0.3 is 0 Å². The average Bonchev–Trinajstić information content (AvgIpc) is 2.97. The number of nitrogens with one attached hydrogen (secondary N) is 1. The summed E-state index contributed by atoms with van der Waals surface area (Å²) in [7, 11) is 0. The Balaban J connectivity index is 1.90. The molecule has 0 unspecified atom stereocenters. The summed E-state index contributed by atoms with van der Waals surface area (Å²) in [4.78, 5) is 17.4. The molecule has 0 aliphatic heterocycles. The zero-order chi connectivity index (χ0) is 18.1. The van der Waals surface area contributed by atoms with Gasteiger partial charge in [0.15, 0.2) is 5.65 Å². The number of pyridine rings is 1. The van der Waals surface area contributed by atoms with Crippen LogP contribution in [0.15, 0.2) is 41.0 Å². The number of nitrogens with zero attached hydrogens (tertiary/aromatic N) is 3. The number of carbonyl (C=O) groups is 1. The molecule has 0 aliphatic carbocycles. The van der Waals surface area contributed by atoms with Crippen molar-refractivity contribution in [3.05, 3.63) is 57.8 Å². The number of carbonyl (C=O) groups excluding carboxylic acids is 1. The molecule has 0 spiro atoms. The van der Waals surface area contributed by atoms with E-state index in [1.807, 2.05) is 48.9 Å². The highest BCUT2D eigenvalue weighted by atomic mass is 79.9. The number of aromatic nitrogens is 3. The van der Waals surface area contributed by atoms with Crippen LogP contribution in [0.4, 0.5) is 0 Å². The predicted molar refractivity (Wildman–Crippen MR) is 103 cm³/mol. The number of hydrogen-bond donors (Lipinski definition) is 1. The summed E-state index contributed by atoms with van der Waals surface area (Å²) in [6, 6.07) is 9.85. The molecule has 0 saturated carbocycles. The number of fused-ring (bicyclic) bond motifs is 1. The highest BCUT2D eigenvalue weighted by Gasteiger charge is 2.18. The maximum absolute atomic E-state index is 12.8. The van der Waals surface area contributed by atoms with Gasteiger partial charge in [-0.2, -0.15) is 5.10 Å². The molecule has 0 bridgehead atoms. The number of benzene rings is 1. The summed E-state index contributed by atoms with van der Waals surface area (Å²) in [6.07, 6.45) is 1.76. The van der Waals surface area contributed by atoms with Crippen molar-refractivity contribution in [1.82, 2.24) is 20.1 Å². The molecule has 3 aromatic rings. The topological polar surface area (TPSA) is 59.8 Å². The van der Waals surface area contributed by atoms with Gasteiger partial charge in [-0.15, -0.1) is 0 Å². The van der Waals surface area contributed by atoms with Crippen LogP contribution in [-0.4, -0.2) is 20.7 Å². The lowest BCUT2D eigenvalue weighted by Gasteiger charge is -2.16. The van der Waals surface area contributed by atoms with E-state index < -0.39 is 0 Å². The molecule has 6 heteroatoms. The fourth-order valence-corrected chi connectivity index (χ4v) is 3.48. The third-order valence-corrected chi connectivity index (χ3v) is 4.93. The lowest BCUT2D eigenvalue weighted by atomic mass is 10.1. The van der Waals surface area contributed by atoms with Crippen molar-refractivity contribution < 1.29 is 4.79 Å². The van der Waals surface area contributed by atoms with E-state index in [2.05, 4.69) is 45.2 Å². The Kier molecular flexibility index (Phi) is 4.90. The van der Waals surface area contributed by atoms with Crippen molar-refractivity contribution in [2.75, 3.05) is 0 Å². The van der Waals surface area contributed by atoms with Gasteiger partial charge in [-0.1, -0.05) is 34.1 Å². The largest absolute Gasteiger partial charge is 0.345 e. The normalized spacial score (nSPS) is 12.6. The van der Waals surface area contributed by atoms with E-state index >= 15 is 0 Å². The summed E-state index contributed by atoms with van der Waals surface area (Å²) in [5.74, 6) is -0.132. The van der Waals surface area contributed by atoms with Gasteiger partial charge in [-0.3, -0.25) is 4.79 Å². The van der Waals surface area contributed by atoms with Crippen LogP contribution in [0.25, 0.3) is 11.0 Å². The number of aryl methyl sites for hydroxylation is 1. The van der Waals surface area contributed by atoms with Crippen LogP contribution in [-0.2, 0) is 0 Å². The van der Waals surface area contributed by atoms with Gasteiger partial charge in [0.1, 0.15) is 0 Å². The Hall–Kier alpha value is -2.21. The molecule has 130 valence electrons. The van der Waals surface area contributed by atoms with E-state index in [4.69, 9.17) is 0 Å². The first-order valence-corrected chi connectivity index (χ1v) is 9.08. The van der Waals surface area contributed by atoms with Crippen LogP contribution in [0.5, 0.6) is 0 Å². The van der Waals surface area contributed by atoms with Gasteiger partial charge in [0.2, 0.25) is 0 Å². The molecule has 5 nitrogen and oxygen atoms in total. The highest BCUT2D eigenvalue weighted by Crippen LogP contribution is 2.24. The Bertz CT molecular complexity index is 932. The second kappa shape index (κ2) is 6.96. The molecule has 0 saturated heterocycles. The monoisotopic (exact) mass is 400 g/mol. The molecule has 1 amide bonds. The maximum Gasteiger partial charge on any atom is 0.253 e. The quantitative estimate of drug-likeness (QED) is 0.697. The first kappa shape index (κ1) is 17.6. The highest BCUT2D eigenvalue weighted by molar-refractivity contribution is 9.10. The van der Waals surface area contributed by atoms with Crippen molar-refractivity contribution in [2.45, 2.75) is 39.8 Å². The Morgan fingerprint density at radius 1 is 1.24 bits per heavy atom. The molecular weight excluding hydrogens is 380 g/mol. The second-order valence-corrected chi connectivity index (χ2v) is 7.29. The average molecular weight is 401 g/mol. The molecule has 25 heavy (non-hydrogen) atoms. The van der Waals surface area contributed by atoms with Crippen molar-refractivity contribution in [1.29, 1.82) is 0 Å². The molecule has 0 aliphatic rings. The molecule has 3 rings (SSSR count). The number of halogens is 1. The van der Waals surface area contributed by atoms with Crippen LogP contribution >= 0.6 is 15.9 Å². The number of hydrogen-bond acceptors (Lipinski definition) is 3. The number of amides is 1. The summed E-state index contributed by atoms with van der Waals surface area (Å²) in [6.45, 7) is 7.94. The Morgan fingerprint density at radius 3 is 2.64 bits per heavy atom. The van der Waals surface area contributed by atoms with E-state index in [0.29, 0.717) is 11.3 Å². The predicted octanol–water partition coefficient (Wildman–Crippen LogP) is 4.57. The lowest BCUT2D eigenvalue weighted by molar-refractivity contribution is 0.0939. The molecule has 0 fully saturated rings. The molecule has 2 heterocycles. The SMILES string of the molecule is Cc1nc2c(cnn2C(C)C)cc1C(=O)N[C@H](C)c1ccccc1Br. The zero-order valence-corrected chi connectivity index (χ0v) is 16.3. The Morgan fingerprint density at radius 2 is 1.96 bits per heavy atom. The number of rotatable bonds is 4. The van der Waals surface area contributed by atoms with E-state index in [0.717, 1.165) is 21.1 Å². The third-order valence-electron chi connectivity index (χ3n) is 4.21. The standard InChI is InChI=1S/C19H21BrN4O/c1-11(2)24-18-14(10-21-24)9-16(13(4)22-18)19(25)23-12(3)15-7-5-6-8-17(15)20/h5-12H,1-4H3,(H,23,25)/t12-/m1/s1. The van der Waals surface area contributed by atoms with Gasteiger partial charge in [0.25, 0.3) is 5.91 Å².